The fourth-order valence-electron chi connectivity index (χ4n) is 2.78. The number of ether oxygens (including phenoxy) is 2. The molecule has 1 aliphatic rings. The Morgan fingerprint density at radius 1 is 1.16 bits per heavy atom. The normalized spacial score (nSPS) is 19.7. The second-order valence-corrected chi connectivity index (χ2v) is 6.13. The predicted octanol–water partition coefficient (Wildman–Crippen LogP) is 2.35. The number of nitrogens with zero attached hydrogens (tertiary/aromatic N) is 3. The zero-order valence-electron chi connectivity index (χ0n) is 15.2. The first-order valence-corrected chi connectivity index (χ1v) is 8.29. The van der Waals surface area contributed by atoms with E-state index in [1.165, 1.54) is 0 Å². The summed E-state index contributed by atoms with van der Waals surface area (Å²) >= 11 is 0. The maximum Gasteiger partial charge on any atom is 0.127 e. The van der Waals surface area contributed by atoms with Crippen molar-refractivity contribution < 1.29 is 14.7 Å². The summed E-state index contributed by atoms with van der Waals surface area (Å²) in [6.07, 6.45) is 1.58. The van der Waals surface area contributed by atoms with Crippen LogP contribution in [0.15, 0.2) is 39.8 Å². The van der Waals surface area contributed by atoms with E-state index in [0.29, 0.717) is 18.9 Å². The van der Waals surface area contributed by atoms with Crippen molar-refractivity contribution in [3.05, 3.63) is 46.0 Å². The van der Waals surface area contributed by atoms with Crippen LogP contribution in [0.5, 0.6) is 0 Å². The van der Waals surface area contributed by atoms with Crippen molar-refractivity contribution >= 4 is 5.71 Å². The molecule has 7 heteroatoms. The van der Waals surface area contributed by atoms with Gasteiger partial charge < -0.3 is 20.4 Å². The highest BCUT2D eigenvalue weighted by Crippen LogP contribution is 2.28. The third kappa shape index (κ3) is 4.43. The largest absolute Gasteiger partial charge is 0.493 e. The minimum Gasteiger partial charge on any atom is -0.493 e. The summed E-state index contributed by atoms with van der Waals surface area (Å²) in [5.74, 6) is 0.744. The Kier molecular flexibility index (Phi) is 6.66. The summed E-state index contributed by atoms with van der Waals surface area (Å²) in [7, 11) is 1.63. The fraction of sp³-hybridized carbons (Fsp3) is 0.500. The van der Waals surface area contributed by atoms with Gasteiger partial charge in [0.05, 0.1) is 30.6 Å². The highest BCUT2D eigenvalue weighted by atomic mass is 16.5. The van der Waals surface area contributed by atoms with Crippen LogP contribution in [0.4, 0.5) is 0 Å². The molecule has 0 bridgehead atoms. The Morgan fingerprint density at radius 3 is 2.44 bits per heavy atom. The molecule has 0 radical (unpaired) electrons. The molecular weight excluding hydrogens is 320 g/mol. The topological polar surface area (TPSA) is 103 Å². The average Bonchev–Trinajstić information content (AvgIpc) is 2.61. The van der Waals surface area contributed by atoms with Gasteiger partial charge in [-0.15, -0.1) is 0 Å². The van der Waals surface area contributed by atoms with Gasteiger partial charge in [-0.3, -0.25) is 0 Å². The number of oxime groups is 1. The highest BCUT2D eigenvalue weighted by Gasteiger charge is 2.27. The lowest BCUT2D eigenvalue weighted by Gasteiger charge is -2.26. The zero-order chi connectivity index (χ0) is 18.4. The first kappa shape index (κ1) is 19.1. The zero-order valence-corrected chi connectivity index (χ0v) is 15.2. The summed E-state index contributed by atoms with van der Waals surface area (Å²) < 4.78 is 11.0. The molecule has 1 aromatic heterocycles. The van der Waals surface area contributed by atoms with E-state index in [2.05, 4.69) is 15.4 Å². The summed E-state index contributed by atoms with van der Waals surface area (Å²) in [6.45, 7) is 6.76. The summed E-state index contributed by atoms with van der Waals surface area (Å²) in [4.78, 5) is 0. The lowest BCUT2D eigenvalue weighted by molar-refractivity contribution is 0.180. The molecule has 1 unspecified atom stereocenters. The van der Waals surface area contributed by atoms with E-state index < -0.39 is 6.04 Å². The Bertz CT molecular complexity index is 691. The summed E-state index contributed by atoms with van der Waals surface area (Å²) in [5.41, 5.74) is 11.0. The first-order chi connectivity index (χ1) is 12.0. The average molecular weight is 346 g/mol. The number of aryl methyl sites for hydroxylation is 1. The van der Waals surface area contributed by atoms with Crippen molar-refractivity contribution in [3.63, 3.8) is 0 Å². The van der Waals surface area contributed by atoms with E-state index in [0.717, 1.165) is 46.7 Å². The monoisotopic (exact) mass is 346 g/mol. The van der Waals surface area contributed by atoms with Crippen LogP contribution in [0.3, 0.4) is 0 Å². The van der Waals surface area contributed by atoms with E-state index in [1.54, 1.807) is 7.11 Å². The van der Waals surface area contributed by atoms with Gasteiger partial charge in [-0.25, -0.2) is 0 Å². The second kappa shape index (κ2) is 8.73. The van der Waals surface area contributed by atoms with Crippen molar-refractivity contribution in [2.45, 2.75) is 46.3 Å². The van der Waals surface area contributed by atoms with Crippen molar-refractivity contribution in [1.29, 1.82) is 0 Å². The van der Waals surface area contributed by atoms with E-state index in [9.17, 15) is 5.21 Å². The number of nitrogens with two attached hydrogens (primary N) is 1. The molecule has 0 saturated heterocycles. The fourth-order valence-corrected chi connectivity index (χ4v) is 2.78. The number of methoxy groups -OCH3 is 1. The Balaban J connectivity index is 1.93. The molecule has 0 aromatic carbocycles. The van der Waals surface area contributed by atoms with Crippen LogP contribution >= 0.6 is 0 Å². The van der Waals surface area contributed by atoms with Crippen molar-refractivity contribution in [2.75, 3.05) is 13.7 Å². The van der Waals surface area contributed by atoms with Crippen LogP contribution in [-0.4, -0.2) is 40.9 Å². The third-order valence-electron chi connectivity index (χ3n) is 4.42. The molecule has 2 rings (SSSR count). The van der Waals surface area contributed by atoms with E-state index in [4.69, 9.17) is 15.2 Å². The third-order valence-corrected chi connectivity index (χ3v) is 4.42. The van der Waals surface area contributed by atoms with Crippen LogP contribution in [0.1, 0.15) is 38.6 Å². The van der Waals surface area contributed by atoms with Crippen molar-refractivity contribution in [2.24, 2.45) is 10.9 Å². The molecule has 1 heterocycles. The van der Waals surface area contributed by atoms with Gasteiger partial charge in [-0.2, -0.15) is 10.2 Å². The maximum absolute atomic E-state index is 9.21. The minimum atomic E-state index is -0.391. The molecule has 1 aromatic rings. The van der Waals surface area contributed by atoms with Gasteiger partial charge in [0.25, 0.3) is 0 Å². The minimum absolute atomic E-state index is 0.391. The lowest BCUT2D eigenvalue weighted by Crippen LogP contribution is -2.36. The van der Waals surface area contributed by atoms with Crippen LogP contribution in [0, 0.1) is 0 Å². The van der Waals surface area contributed by atoms with Crippen molar-refractivity contribution in [3.8, 4) is 0 Å². The van der Waals surface area contributed by atoms with Gasteiger partial charge >= 0.3 is 0 Å². The van der Waals surface area contributed by atoms with E-state index >= 15 is 0 Å². The summed E-state index contributed by atoms with van der Waals surface area (Å²) in [6, 6.07) is 3.48. The SMILES string of the molecule is COCc1ccc(CCCOC2=C(C)C(=NO)C(N)C(C)=C2C)nn1. The molecular formula is C18H26N4O3. The van der Waals surface area contributed by atoms with E-state index in [-0.39, 0.29) is 0 Å². The maximum atomic E-state index is 9.21. The van der Waals surface area contributed by atoms with E-state index in [1.807, 2.05) is 32.9 Å². The molecule has 3 N–H and O–H groups in total. The molecule has 0 amide bonds. The van der Waals surface area contributed by atoms with Gasteiger partial charge in [0.15, 0.2) is 0 Å². The van der Waals surface area contributed by atoms with Gasteiger partial charge in [0.2, 0.25) is 0 Å². The molecule has 0 spiro atoms. The molecule has 1 aliphatic carbocycles. The quantitative estimate of drug-likeness (QED) is 0.446. The Hall–Kier alpha value is -2.25. The molecule has 0 saturated carbocycles. The number of aromatic nitrogens is 2. The number of hydrogen-bond donors (Lipinski definition) is 2. The van der Waals surface area contributed by atoms with Gasteiger partial charge in [0, 0.05) is 12.7 Å². The molecule has 7 nitrogen and oxygen atoms in total. The molecule has 25 heavy (non-hydrogen) atoms. The Morgan fingerprint density at radius 2 is 1.84 bits per heavy atom. The van der Waals surface area contributed by atoms with Crippen molar-refractivity contribution in [1.82, 2.24) is 10.2 Å². The molecule has 1 atom stereocenters. The number of allylic oxidation sites excluding steroid dienone is 1. The second-order valence-electron chi connectivity index (χ2n) is 6.13. The molecule has 0 aliphatic heterocycles. The van der Waals surface area contributed by atoms with Crippen LogP contribution in [0.2, 0.25) is 0 Å². The standard InChI is InChI=1S/C18H26N4O3/c1-11-12(2)18(13(3)17(22-23)16(11)19)25-9-5-6-14-7-8-15(10-24-4)21-20-14/h7-8,16,23H,5-6,9-10,19H2,1-4H3. The molecule has 0 fully saturated rings. The van der Waals surface area contributed by atoms with Gasteiger partial charge in [-0.1, -0.05) is 5.16 Å². The van der Waals surface area contributed by atoms with Crippen LogP contribution < -0.4 is 5.73 Å². The Labute approximate surface area is 148 Å². The van der Waals surface area contributed by atoms with Crippen LogP contribution in [0.25, 0.3) is 0 Å². The highest BCUT2D eigenvalue weighted by molar-refractivity contribution is 6.07. The lowest BCUT2D eigenvalue weighted by atomic mass is 9.87. The first-order valence-electron chi connectivity index (χ1n) is 8.29. The predicted molar refractivity (Wildman–Crippen MR) is 95.3 cm³/mol. The molecule has 136 valence electrons. The van der Waals surface area contributed by atoms with Gasteiger partial charge in [-0.05, 0) is 56.9 Å². The smallest absolute Gasteiger partial charge is 0.127 e. The van der Waals surface area contributed by atoms with Crippen LogP contribution in [-0.2, 0) is 22.5 Å². The summed E-state index contributed by atoms with van der Waals surface area (Å²) in [5, 5.41) is 20.8. The van der Waals surface area contributed by atoms with Gasteiger partial charge in [0.1, 0.15) is 11.5 Å². The number of hydrogen-bond acceptors (Lipinski definition) is 7. The number of rotatable bonds is 7.